The van der Waals surface area contributed by atoms with E-state index in [1.165, 1.54) is 0 Å². The second-order valence-corrected chi connectivity index (χ2v) is 6.72. The Morgan fingerprint density at radius 2 is 1.89 bits per heavy atom. The lowest BCUT2D eigenvalue weighted by atomic mass is 9.92. The number of hydrogen-bond donors (Lipinski definition) is 0. The van der Waals surface area contributed by atoms with Crippen LogP contribution in [0, 0.1) is 5.41 Å². The van der Waals surface area contributed by atoms with Crippen molar-refractivity contribution in [2.24, 2.45) is 5.41 Å². The van der Waals surface area contributed by atoms with Gasteiger partial charge in [-0.05, 0) is 26.2 Å². The van der Waals surface area contributed by atoms with Crippen molar-refractivity contribution in [2.45, 2.75) is 60.1 Å². The Balaban J connectivity index is 2.50. The first-order valence-corrected chi connectivity index (χ1v) is 6.15. The van der Waals surface area contributed by atoms with Gasteiger partial charge in [0.15, 0.2) is 0 Å². The molecule has 0 amide bonds. The lowest BCUT2D eigenvalue weighted by Gasteiger charge is -2.17. The van der Waals surface area contributed by atoms with Crippen LogP contribution in [0.4, 0.5) is 0 Å². The van der Waals surface area contributed by atoms with E-state index in [4.69, 9.17) is 4.74 Å². The fourth-order valence-electron chi connectivity index (χ4n) is 1.33. The van der Waals surface area contributed by atoms with E-state index in [9.17, 15) is 4.79 Å². The molecule has 0 aromatic carbocycles. The lowest BCUT2D eigenvalue weighted by molar-refractivity contribution is -0.147. The molecule has 0 spiro atoms. The van der Waals surface area contributed by atoms with Crippen LogP contribution in [-0.4, -0.2) is 21.0 Å². The molecular formula is C13H23N3O2. The van der Waals surface area contributed by atoms with Crippen molar-refractivity contribution in [1.82, 2.24) is 15.0 Å². The highest BCUT2D eigenvalue weighted by molar-refractivity contribution is 5.70. The van der Waals surface area contributed by atoms with Crippen molar-refractivity contribution >= 4 is 5.97 Å². The molecule has 0 atom stereocenters. The van der Waals surface area contributed by atoms with Crippen LogP contribution >= 0.6 is 0 Å². The third kappa shape index (κ3) is 4.85. The van der Waals surface area contributed by atoms with Gasteiger partial charge in [0.2, 0.25) is 0 Å². The average Bonchev–Trinajstić information content (AvgIpc) is 2.59. The molecule has 18 heavy (non-hydrogen) atoms. The van der Waals surface area contributed by atoms with Gasteiger partial charge in [-0.2, -0.15) is 0 Å². The maximum Gasteiger partial charge on any atom is 0.306 e. The van der Waals surface area contributed by atoms with Crippen molar-refractivity contribution in [3.63, 3.8) is 0 Å². The maximum absolute atomic E-state index is 11.6. The number of carbonyl (C=O) groups excluding carboxylic acids is 1. The largest absolute Gasteiger partial charge is 0.459 e. The number of aromatic nitrogens is 3. The van der Waals surface area contributed by atoms with Gasteiger partial charge in [-0.1, -0.05) is 26.0 Å². The van der Waals surface area contributed by atoms with Crippen molar-refractivity contribution < 1.29 is 9.53 Å². The number of rotatable bonds is 3. The van der Waals surface area contributed by atoms with Gasteiger partial charge in [-0.3, -0.25) is 4.79 Å². The van der Waals surface area contributed by atoms with E-state index in [1.807, 2.05) is 47.7 Å². The van der Waals surface area contributed by atoms with Crippen LogP contribution in [0.5, 0.6) is 0 Å². The SMILES string of the molecule is CC(C)(C)CC(=O)OCc1cn(C(C)(C)C)nn1. The molecule has 0 fully saturated rings. The van der Waals surface area contributed by atoms with Crippen LogP contribution < -0.4 is 0 Å². The van der Waals surface area contributed by atoms with Crippen LogP contribution in [0.25, 0.3) is 0 Å². The molecule has 1 aromatic rings. The van der Waals surface area contributed by atoms with Gasteiger partial charge in [0.25, 0.3) is 0 Å². The predicted octanol–water partition coefficient (Wildman–Crippen LogP) is 2.51. The Morgan fingerprint density at radius 1 is 1.28 bits per heavy atom. The summed E-state index contributed by atoms with van der Waals surface area (Å²) in [6.45, 7) is 12.3. The Hall–Kier alpha value is -1.39. The highest BCUT2D eigenvalue weighted by Gasteiger charge is 2.18. The minimum absolute atomic E-state index is 0.0555. The minimum Gasteiger partial charge on any atom is -0.459 e. The van der Waals surface area contributed by atoms with Gasteiger partial charge in [-0.25, -0.2) is 4.68 Å². The summed E-state index contributed by atoms with van der Waals surface area (Å²) in [5.41, 5.74) is 0.507. The van der Waals surface area contributed by atoms with E-state index in [-0.39, 0.29) is 23.5 Å². The zero-order chi connectivity index (χ0) is 14.0. The number of hydrogen-bond acceptors (Lipinski definition) is 4. The molecule has 0 radical (unpaired) electrons. The first kappa shape index (κ1) is 14.7. The molecule has 5 heteroatoms. The minimum atomic E-state index is -0.201. The van der Waals surface area contributed by atoms with Crippen LogP contribution in [0.15, 0.2) is 6.20 Å². The molecule has 5 nitrogen and oxygen atoms in total. The third-order valence-corrected chi connectivity index (χ3v) is 2.28. The van der Waals surface area contributed by atoms with Crippen molar-refractivity contribution in [2.75, 3.05) is 0 Å². The van der Waals surface area contributed by atoms with Crippen LogP contribution in [-0.2, 0) is 21.7 Å². The summed E-state index contributed by atoms with van der Waals surface area (Å²) in [7, 11) is 0. The van der Waals surface area contributed by atoms with Crippen LogP contribution in [0.1, 0.15) is 53.7 Å². The van der Waals surface area contributed by atoms with Gasteiger partial charge in [-0.15, -0.1) is 5.10 Å². The monoisotopic (exact) mass is 253 g/mol. The van der Waals surface area contributed by atoms with Crippen molar-refractivity contribution in [3.05, 3.63) is 11.9 Å². The van der Waals surface area contributed by atoms with Crippen molar-refractivity contribution in [1.29, 1.82) is 0 Å². The molecule has 0 unspecified atom stereocenters. The fraction of sp³-hybridized carbons (Fsp3) is 0.769. The summed E-state index contributed by atoms with van der Waals surface area (Å²) in [5.74, 6) is -0.201. The molecule has 1 aromatic heterocycles. The summed E-state index contributed by atoms with van der Waals surface area (Å²) >= 11 is 0. The Bertz CT molecular complexity index is 411. The fourth-order valence-corrected chi connectivity index (χ4v) is 1.33. The summed E-state index contributed by atoms with van der Waals surface area (Å²) in [6, 6.07) is 0. The standard InChI is InChI=1S/C13H23N3O2/c1-12(2,3)7-11(17)18-9-10-8-16(15-14-10)13(4,5)6/h8H,7,9H2,1-6H3. The van der Waals surface area contributed by atoms with Gasteiger partial charge in [0.1, 0.15) is 12.3 Å². The quantitative estimate of drug-likeness (QED) is 0.777. The first-order valence-electron chi connectivity index (χ1n) is 6.15. The Kier molecular flexibility index (Phi) is 4.14. The first-order chi connectivity index (χ1) is 8.08. The number of carbonyl (C=O) groups is 1. The summed E-state index contributed by atoms with van der Waals surface area (Å²) in [6.07, 6.45) is 2.21. The van der Waals surface area contributed by atoms with E-state index < -0.39 is 0 Å². The molecule has 0 saturated heterocycles. The molecule has 0 aliphatic rings. The van der Waals surface area contributed by atoms with Crippen LogP contribution in [0.3, 0.4) is 0 Å². The second-order valence-electron chi connectivity index (χ2n) is 6.72. The van der Waals surface area contributed by atoms with E-state index in [0.29, 0.717) is 12.1 Å². The number of esters is 1. The second kappa shape index (κ2) is 5.08. The third-order valence-electron chi connectivity index (χ3n) is 2.28. The van der Waals surface area contributed by atoms with Crippen molar-refractivity contribution in [3.8, 4) is 0 Å². The topological polar surface area (TPSA) is 57.0 Å². The van der Waals surface area contributed by atoms with E-state index in [2.05, 4.69) is 10.3 Å². The smallest absolute Gasteiger partial charge is 0.306 e. The lowest BCUT2D eigenvalue weighted by Crippen LogP contribution is -2.22. The molecule has 1 rings (SSSR count). The van der Waals surface area contributed by atoms with E-state index >= 15 is 0 Å². The Morgan fingerprint density at radius 3 is 2.33 bits per heavy atom. The number of nitrogens with zero attached hydrogens (tertiary/aromatic N) is 3. The average molecular weight is 253 g/mol. The molecule has 0 N–H and O–H groups in total. The van der Waals surface area contributed by atoms with Gasteiger partial charge >= 0.3 is 5.97 Å². The Labute approximate surface area is 109 Å². The van der Waals surface area contributed by atoms with Gasteiger partial charge in [0, 0.05) is 0 Å². The normalized spacial score (nSPS) is 12.6. The molecule has 1 heterocycles. The van der Waals surface area contributed by atoms with E-state index in [0.717, 1.165) is 0 Å². The highest BCUT2D eigenvalue weighted by atomic mass is 16.5. The predicted molar refractivity (Wildman–Crippen MR) is 68.9 cm³/mol. The zero-order valence-electron chi connectivity index (χ0n) is 12.1. The number of ether oxygens (including phenoxy) is 1. The molecule has 0 aliphatic heterocycles. The molecule has 0 aliphatic carbocycles. The maximum atomic E-state index is 11.6. The summed E-state index contributed by atoms with van der Waals surface area (Å²) in [5, 5.41) is 8.00. The molecular weight excluding hydrogens is 230 g/mol. The van der Waals surface area contributed by atoms with Gasteiger partial charge < -0.3 is 4.74 Å². The highest BCUT2D eigenvalue weighted by Crippen LogP contribution is 2.19. The molecule has 0 saturated carbocycles. The zero-order valence-corrected chi connectivity index (χ0v) is 12.1. The van der Waals surface area contributed by atoms with Crippen LogP contribution in [0.2, 0.25) is 0 Å². The summed E-state index contributed by atoms with van der Waals surface area (Å²) in [4.78, 5) is 11.6. The molecule has 0 bridgehead atoms. The molecule has 102 valence electrons. The summed E-state index contributed by atoms with van der Waals surface area (Å²) < 4.78 is 6.94. The van der Waals surface area contributed by atoms with E-state index in [1.54, 1.807) is 4.68 Å². The van der Waals surface area contributed by atoms with Gasteiger partial charge in [0.05, 0.1) is 18.2 Å².